The molecule has 2 amide bonds. The molecule has 0 aliphatic carbocycles. The third-order valence-corrected chi connectivity index (χ3v) is 5.25. The van der Waals surface area contributed by atoms with E-state index in [1.165, 1.54) is 11.1 Å². The number of benzene rings is 2. The summed E-state index contributed by atoms with van der Waals surface area (Å²) in [5.41, 5.74) is 4.26. The fraction of sp³-hybridized carbons (Fsp3) is 0.174. The number of para-hydroxylation sites is 1. The summed E-state index contributed by atoms with van der Waals surface area (Å²) in [6, 6.07) is 19.0. The largest absolute Gasteiger partial charge is 0.348 e. The number of thioether (sulfide) groups is 1. The monoisotopic (exact) mass is 405 g/mol. The van der Waals surface area contributed by atoms with Gasteiger partial charge in [-0.2, -0.15) is 0 Å². The van der Waals surface area contributed by atoms with Crippen LogP contribution in [0.1, 0.15) is 27.0 Å². The Hall–Kier alpha value is -3.12. The van der Waals surface area contributed by atoms with Crippen molar-refractivity contribution in [2.45, 2.75) is 19.2 Å². The highest BCUT2D eigenvalue weighted by Crippen LogP contribution is 2.17. The quantitative estimate of drug-likeness (QED) is 0.589. The number of nitrogens with zero attached hydrogens (tertiary/aromatic N) is 1. The van der Waals surface area contributed by atoms with Crippen LogP contribution in [-0.2, 0) is 17.1 Å². The number of amides is 2. The minimum Gasteiger partial charge on any atom is -0.348 e. The van der Waals surface area contributed by atoms with Crippen molar-refractivity contribution in [3.63, 3.8) is 0 Å². The Morgan fingerprint density at radius 3 is 2.52 bits per heavy atom. The van der Waals surface area contributed by atoms with Gasteiger partial charge in [0.2, 0.25) is 5.91 Å². The molecule has 0 spiro atoms. The van der Waals surface area contributed by atoms with Gasteiger partial charge < -0.3 is 10.6 Å². The smallest absolute Gasteiger partial charge is 0.253 e. The lowest BCUT2D eigenvalue weighted by atomic mass is 10.1. The first-order valence-corrected chi connectivity index (χ1v) is 10.5. The van der Waals surface area contributed by atoms with E-state index in [1.807, 2.05) is 12.1 Å². The third-order valence-electron chi connectivity index (χ3n) is 4.24. The number of aryl methyl sites for hydroxylation is 1. The summed E-state index contributed by atoms with van der Waals surface area (Å²) >= 11 is 1.54. The predicted octanol–water partition coefficient (Wildman–Crippen LogP) is 4.19. The van der Waals surface area contributed by atoms with Crippen molar-refractivity contribution < 1.29 is 9.59 Å². The van der Waals surface area contributed by atoms with Crippen LogP contribution in [-0.4, -0.2) is 22.6 Å². The minimum absolute atomic E-state index is 0.130. The fourth-order valence-electron chi connectivity index (χ4n) is 2.70. The summed E-state index contributed by atoms with van der Waals surface area (Å²) in [4.78, 5) is 28.9. The molecule has 0 saturated heterocycles. The summed E-state index contributed by atoms with van der Waals surface area (Å²) in [6.45, 7) is 2.43. The lowest BCUT2D eigenvalue weighted by Gasteiger charge is -2.11. The molecule has 29 heavy (non-hydrogen) atoms. The second-order valence-corrected chi connectivity index (χ2v) is 7.60. The number of carbonyl (C=O) groups is 2. The van der Waals surface area contributed by atoms with Crippen LogP contribution in [0, 0.1) is 6.92 Å². The number of carbonyl (C=O) groups excluding carboxylic acids is 2. The molecular formula is C23H23N3O2S. The number of pyridine rings is 1. The van der Waals surface area contributed by atoms with Gasteiger partial charge in [-0.3, -0.25) is 14.6 Å². The Morgan fingerprint density at radius 2 is 1.76 bits per heavy atom. The molecule has 1 aromatic heterocycles. The summed E-state index contributed by atoms with van der Waals surface area (Å²) < 4.78 is 0. The van der Waals surface area contributed by atoms with Gasteiger partial charge in [0.05, 0.1) is 17.0 Å². The topological polar surface area (TPSA) is 71.1 Å². The van der Waals surface area contributed by atoms with Crippen LogP contribution in [0.3, 0.4) is 0 Å². The molecule has 0 bridgehead atoms. The van der Waals surface area contributed by atoms with Gasteiger partial charge >= 0.3 is 0 Å². The number of hydrogen-bond donors (Lipinski definition) is 2. The normalized spacial score (nSPS) is 10.4. The van der Waals surface area contributed by atoms with Gasteiger partial charge in [-0.05, 0) is 36.2 Å². The van der Waals surface area contributed by atoms with Gasteiger partial charge in [-0.15, -0.1) is 11.8 Å². The molecule has 0 unspecified atom stereocenters. The standard InChI is InChI=1S/C23H23N3O2S/c1-17-8-10-18(11-9-17)15-29-16-22(27)26-21-7-3-2-6-20(21)23(28)25-14-19-5-4-12-24-13-19/h2-13H,14-16H2,1H3,(H,25,28)(H,26,27). The van der Waals surface area contributed by atoms with Crippen LogP contribution in [0.15, 0.2) is 73.1 Å². The van der Waals surface area contributed by atoms with Crippen LogP contribution in [0.5, 0.6) is 0 Å². The number of hydrogen-bond acceptors (Lipinski definition) is 4. The number of nitrogens with one attached hydrogen (secondary N) is 2. The number of aromatic nitrogens is 1. The first-order chi connectivity index (χ1) is 14.1. The third kappa shape index (κ3) is 6.47. The summed E-state index contributed by atoms with van der Waals surface area (Å²) in [5, 5.41) is 5.71. The Morgan fingerprint density at radius 1 is 0.966 bits per heavy atom. The molecule has 3 aromatic rings. The van der Waals surface area contributed by atoms with E-state index < -0.39 is 0 Å². The number of rotatable bonds is 8. The fourth-order valence-corrected chi connectivity index (χ4v) is 3.49. The van der Waals surface area contributed by atoms with Gasteiger partial charge in [-0.25, -0.2) is 0 Å². The van der Waals surface area contributed by atoms with E-state index in [0.717, 1.165) is 11.3 Å². The molecule has 0 aliphatic rings. The van der Waals surface area contributed by atoms with Crippen LogP contribution in [0.25, 0.3) is 0 Å². The molecule has 6 heteroatoms. The summed E-state index contributed by atoms with van der Waals surface area (Å²) in [6.07, 6.45) is 3.40. The van der Waals surface area contributed by atoms with E-state index in [0.29, 0.717) is 23.5 Å². The van der Waals surface area contributed by atoms with E-state index in [2.05, 4.69) is 46.8 Å². The van der Waals surface area contributed by atoms with Crippen molar-refractivity contribution in [3.05, 3.63) is 95.3 Å². The lowest BCUT2D eigenvalue weighted by molar-refractivity contribution is -0.113. The van der Waals surface area contributed by atoms with Gasteiger partial charge in [0, 0.05) is 24.7 Å². The van der Waals surface area contributed by atoms with E-state index in [-0.39, 0.29) is 11.8 Å². The minimum atomic E-state index is -0.239. The van der Waals surface area contributed by atoms with Crippen LogP contribution >= 0.6 is 11.8 Å². The van der Waals surface area contributed by atoms with Crippen LogP contribution < -0.4 is 10.6 Å². The summed E-state index contributed by atoms with van der Waals surface area (Å²) in [5.74, 6) is 0.715. The Bertz CT molecular complexity index is 959. The molecule has 5 nitrogen and oxygen atoms in total. The van der Waals surface area contributed by atoms with Crippen LogP contribution in [0.2, 0.25) is 0 Å². The molecule has 0 atom stereocenters. The van der Waals surface area contributed by atoms with E-state index in [1.54, 1.807) is 48.4 Å². The highest BCUT2D eigenvalue weighted by atomic mass is 32.2. The zero-order chi connectivity index (χ0) is 20.5. The Labute approximate surface area is 175 Å². The van der Waals surface area contributed by atoms with Crippen molar-refractivity contribution in [1.29, 1.82) is 0 Å². The van der Waals surface area contributed by atoms with Crippen molar-refractivity contribution in [1.82, 2.24) is 10.3 Å². The van der Waals surface area contributed by atoms with Gasteiger partial charge in [0.25, 0.3) is 5.91 Å². The molecule has 1 heterocycles. The SMILES string of the molecule is Cc1ccc(CSCC(=O)Nc2ccccc2C(=O)NCc2cccnc2)cc1. The first-order valence-electron chi connectivity index (χ1n) is 9.31. The summed E-state index contributed by atoms with van der Waals surface area (Å²) in [7, 11) is 0. The molecule has 2 N–H and O–H groups in total. The van der Waals surface area contributed by atoms with Crippen molar-refractivity contribution >= 4 is 29.3 Å². The highest BCUT2D eigenvalue weighted by molar-refractivity contribution is 7.99. The molecule has 0 aliphatic heterocycles. The lowest BCUT2D eigenvalue weighted by Crippen LogP contribution is -2.25. The molecule has 148 valence electrons. The zero-order valence-electron chi connectivity index (χ0n) is 16.2. The van der Waals surface area contributed by atoms with Gasteiger partial charge in [0.15, 0.2) is 0 Å². The Kier molecular flexibility index (Phi) is 7.41. The highest BCUT2D eigenvalue weighted by Gasteiger charge is 2.13. The van der Waals surface area contributed by atoms with Crippen molar-refractivity contribution in [2.75, 3.05) is 11.1 Å². The molecule has 0 saturated carbocycles. The van der Waals surface area contributed by atoms with Gasteiger partial charge in [-0.1, -0.05) is 48.0 Å². The van der Waals surface area contributed by atoms with E-state index in [9.17, 15) is 9.59 Å². The molecule has 0 radical (unpaired) electrons. The second-order valence-electron chi connectivity index (χ2n) is 6.62. The van der Waals surface area contributed by atoms with Crippen molar-refractivity contribution in [3.8, 4) is 0 Å². The zero-order valence-corrected chi connectivity index (χ0v) is 17.0. The molecule has 0 fully saturated rings. The Balaban J connectivity index is 1.53. The first kappa shape index (κ1) is 20.6. The molecule has 2 aromatic carbocycles. The molecule has 3 rings (SSSR count). The maximum atomic E-state index is 12.6. The van der Waals surface area contributed by atoms with E-state index in [4.69, 9.17) is 0 Å². The maximum Gasteiger partial charge on any atom is 0.253 e. The second kappa shape index (κ2) is 10.4. The molecular weight excluding hydrogens is 382 g/mol. The average molecular weight is 406 g/mol. The van der Waals surface area contributed by atoms with E-state index >= 15 is 0 Å². The van der Waals surface area contributed by atoms with Crippen molar-refractivity contribution in [2.24, 2.45) is 0 Å². The van der Waals surface area contributed by atoms with Crippen LogP contribution in [0.4, 0.5) is 5.69 Å². The predicted molar refractivity (Wildman–Crippen MR) is 118 cm³/mol. The average Bonchev–Trinajstić information content (AvgIpc) is 2.74. The van der Waals surface area contributed by atoms with Gasteiger partial charge in [0.1, 0.15) is 0 Å². The number of anilines is 1. The maximum absolute atomic E-state index is 12.6.